The van der Waals surface area contributed by atoms with E-state index in [9.17, 15) is 9.59 Å². The molecule has 0 unspecified atom stereocenters. The monoisotopic (exact) mass is 308 g/mol. The van der Waals surface area contributed by atoms with Crippen LogP contribution in [0.4, 0.5) is 0 Å². The van der Waals surface area contributed by atoms with E-state index in [-0.39, 0.29) is 24.4 Å². The van der Waals surface area contributed by atoms with Gasteiger partial charge in [-0.2, -0.15) is 0 Å². The highest BCUT2D eigenvalue weighted by Crippen LogP contribution is 2.36. The molecular formula is C13H13BrN2O2. The molecule has 3 rings (SSSR count). The second-order valence-electron chi connectivity index (χ2n) is 4.64. The lowest BCUT2D eigenvalue weighted by atomic mass is 9.91. The number of rotatable bonds is 0. The first-order chi connectivity index (χ1) is 8.66. The molecule has 1 fully saturated rings. The van der Waals surface area contributed by atoms with E-state index in [1.54, 1.807) is 0 Å². The van der Waals surface area contributed by atoms with Crippen LogP contribution in [0.3, 0.4) is 0 Å². The number of nitrogens with one attached hydrogen (secondary N) is 1. The molecule has 0 radical (unpaired) electrons. The third-order valence-electron chi connectivity index (χ3n) is 3.63. The van der Waals surface area contributed by atoms with Crippen LogP contribution < -0.4 is 5.32 Å². The van der Waals surface area contributed by atoms with Crippen LogP contribution in [-0.4, -0.2) is 29.8 Å². The summed E-state index contributed by atoms with van der Waals surface area (Å²) in [6, 6.07) is 5.87. The number of nitrogens with zero attached hydrogens (tertiary/aromatic N) is 1. The maximum atomic E-state index is 12.0. The lowest BCUT2D eigenvalue weighted by molar-refractivity contribution is -0.132. The minimum atomic E-state index is -0.110. The second-order valence-corrected chi connectivity index (χ2v) is 5.50. The summed E-state index contributed by atoms with van der Waals surface area (Å²) < 4.78 is 1.07. The first-order valence-electron chi connectivity index (χ1n) is 6.00. The fourth-order valence-corrected chi connectivity index (χ4v) is 3.33. The predicted octanol–water partition coefficient (Wildman–Crippen LogP) is 1.39. The van der Waals surface area contributed by atoms with Crippen molar-refractivity contribution in [1.82, 2.24) is 10.2 Å². The van der Waals surface area contributed by atoms with E-state index >= 15 is 0 Å². The molecule has 1 saturated heterocycles. The van der Waals surface area contributed by atoms with Crippen LogP contribution in [0.2, 0.25) is 0 Å². The molecule has 2 amide bonds. The Morgan fingerprint density at radius 1 is 1.33 bits per heavy atom. The summed E-state index contributed by atoms with van der Waals surface area (Å²) in [6.45, 7) is 0.812. The molecule has 1 N–H and O–H groups in total. The Labute approximate surface area is 113 Å². The highest BCUT2D eigenvalue weighted by Gasteiger charge is 2.35. The van der Waals surface area contributed by atoms with Crippen molar-refractivity contribution in [2.45, 2.75) is 18.9 Å². The van der Waals surface area contributed by atoms with Crippen molar-refractivity contribution in [3.05, 3.63) is 33.8 Å². The average molecular weight is 309 g/mol. The number of carbonyl (C=O) groups excluding carboxylic acids is 2. The van der Waals surface area contributed by atoms with E-state index < -0.39 is 0 Å². The fraction of sp³-hybridized carbons (Fsp3) is 0.385. The van der Waals surface area contributed by atoms with Crippen LogP contribution in [0.1, 0.15) is 23.6 Å². The van der Waals surface area contributed by atoms with Crippen molar-refractivity contribution in [2.75, 3.05) is 13.1 Å². The zero-order chi connectivity index (χ0) is 12.7. The first kappa shape index (κ1) is 11.7. The molecule has 18 heavy (non-hydrogen) atoms. The number of carbonyl (C=O) groups is 2. The van der Waals surface area contributed by atoms with E-state index in [0.717, 1.165) is 16.5 Å². The number of amides is 2. The molecule has 2 aliphatic rings. The predicted molar refractivity (Wildman–Crippen MR) is 69.9 cm³/mol. The second kappa shape index (κ2) is 4.39. The number of benzene rings is 1. The van der Waals surface area contributed by atoms with Gasteiger partial charge in [0.15, 0.2) is 0 Å². The van der Waals surface area contributed by atoms with Gasteiger partial charge in [0.1, 0.15) is 0 Å². The molecule has 0 spiro atoms. The van der Waals surface area contributed by atoms with Crippen molar-refractivity contribution >= 4 is 27.7 Å². The molecule has 1 atom stereocenters. The van der Waals surface area contributed by atoms with E-state index in [1.807, 2.05) is 23.1 Å². The van der Waals surface area contributed by atoms with Gasteiger partial charge in [0, 0.05) is 11.0 Å². The number of hydrogen-bond donors (Lipinski definition) is 1. The molecule has 0 aromatic heterocycles. The van der Waals surface area contributed by atoms with Crippen LogP contribution in [-0.2, 0) is 16.0 Å². The van der Waals surface area contributed by atoms with Crippen molar-refractivity contribution in [3.8, 4) is 0 Å². The number of hydrogen-bond acceptors (Lipinski definition) is 2. The van der Waals surface area contributed by atoms with E-state index in [1.165, 1.54) is 5.56 Å². The zero-order valence-corrected chi connectivity index (χ0v) is 11.4. The van der Waals surface area contributed by atoms with Gasteiger partial charge >= 0.3 is 0 Å². The number of fused-ring (bicyclic) bond motifs is 3. The molecule has 1 aromatic rings. The summed E-state index contributed by atoms with van der Waals surface area (Å²) in [6.07, 6.45) is 1.20. The molecule has 2 aliphatic heterocycles. The van der Waals surface area contributed by atoms with Gasteiger partial charge in [0.2, 0.25) is 11.8 Å². The summed E-state index contributed by atoms with van der Waals surface area (Å²) in [4.78, 5) is 25.5. The zero-order valence-electron chi connectivity index (χ0n) is 9.78. The van der Waals surface area contributed by atoms with Crippen LogP contribution in [0, 0.1) is 0 Å². The van der Waals surface area contributed by atoms with Gasteiger partial charge < -0.3 is 10.2 Å². The number of halogens is 1. The maximum Gasteiger partial charge on any atom is 0.242 e. The van der Waals surface area contributed by atoms with Gasteiger partial charge in [0.05, 0.1) is 19.0 Å². The molecule has 0 saturated carbocycles. The molecule has 5 heteroatoms. The van der Waals surface area contributed by atoms with Crippen LogP contribution in [0.25, 0.3) is 0 Å². The SMILES string of the molecule is O=C1C[C@@H]2c3cccc(Br)c3CCN2C(=O)CN1. The van der Waals surface area contributed by atoms with Gasteiger partial charge in [-0.3, -0.25) is 9.59 Å². The van der Waals surface area contributed by atoms with Gasteiger partial charge in [0.25, 0.3) is 0 Å². The Kier molecular flexibility index (Phi) is 2.86. The molecule has 0 aliphatic carbocycles. The molecular weight excluding hydrogens is 296 g/mol. The smallest absolute Gasteiger partial charge is 0.242 e. The summed E-state index contributed by atoms with van der Waals surface area (Å²) in [5, 5.41) is 2.65. The standard InChI is InChI=1S/C13H13BrN2O2/c14-10-3-1-2-9-8(10)4-5-16-11(9)6-12(17)15-7-13(16)18/h1-3,11H,4-7H2,(H,15,17)/t11-/m1/s1. The van der Waals surface area contributed by atoms with Gasteiger partial charge in [-0.15, -0.1) is 0 Å². The third-order valence-corrected chi connectivity index (χ3v) is 4.37. The largest absolute Gasteiger partial charge is 0.347 e. The summed E-state index contributed by atoms with van der Waals surface area (Å²) in [5.41, 5.74) is 2.32. The Morgan fingerprint density at radius 3 is 3.00 bits per heavy atom. The lowest BCUT2D eigenvalue weighted by Crippen LogP contribution is -2.41. The van der Waals surface area contributed by atoms with Gasteiger partial charge in [-0.25, -0.2) is 0 Å². The summed E-state index contributed by atoms with van der Waals surface area (Å²) in [7, 11) is 0. The Hall–Kier alpha value is -1.36. The third kappa shape index (κ3) is 1.82. The highest BCUT2D eigenvalue weighted by molar-refractivity contribution is 9.10. The minimum absolute atomic E-state index is 0.0106. The molecule has 0 bridgehead atoms. The average Bonchev–Trinajstić information content (AvgIpc) is 2.50. The summed E-state index contributed by atoms with van der Waals surface area (Å²) >= 11 is 3.54. The maximum absolute atomic E-state index is 12.0. The van der Waals surface area contributed by atoms with Crippen molar-refractivity contribution in [2.24, 2.45) is 0 Å². The van der Waals surface area contributed by atoms with Gasteiger partial charge in [-0.05, 0) is 23.6 Å². The normalized spacial score (nSPS) is 22.9. The first-order valence-corrected chi connectivity index (χ1v) is 6.79. The van der Waals surface area contributed by atoms with Crippen LogP contribution >= 0.6 is 15.9 Å². The molecule has 94 valence electrons. The van der Waals surface area contributed by atoms with E-state index in [2.05, 4.69) is 21.2 Å². The van der Waals surface area contributed by atoms with Crippen LogP contribution in [0.15, 0.2) is 22.7 Å². The highest BCUT2D eigenvalue weighted by atomic mass is 79.9. The molecule has 2 heterocycles. The van der Waals surface area contributed by atoms with Crippen molar-refractivity contribution < 1.29 is 9.59 Å². The van der Waals surface area contributed by atoms with Crippen LogP contribution in [0.5, 0.6) is 0 Å². The Bertz CT molecular complexity index is 530. The quantitative estimate of drug-likeness (QED) is 0.787. The van der Waals surface area contributed by atoms with E-state index in [0.29, 0.717) is 13.0 Å². The Morgan fingerprint density at radius 2 is 2.17 bits per heavy atom. The Balaban J connectivity index is 2.07. The lowest BCUT2D eigenvalue weighted by Gasteiger charge is -2.35. The van der Waals surface area contributed by atoms with Crippen molar-refractivity contribution in [3.63, 3.8) is 0 Å². The molecule has 1 aromatic carbocycles. The molecule has 4 nitrogen and oxygen atoms in total. The van der Waals surface area contributed by atoms with E-state index in [4.69, 9.17) is 0 Å². The summed E-state index contributed by atoms with van der Waals surface area (Å²) in [5.74, 6) is -0.0415. The topological polar surface area (TPSA) is 49.4 Å². The minimum Gasteiger partial charge on any atom is -0.347 e. The van der Waals surface area contributed by atoms with Crippen molar-refractivity contribution in [1.29, 1.82) is 0 Å². The van der Waals surface area contributed by atoms with Gasteiger partial charge in [-0.1, -0.05) is 28.1 Å². The fourth-order valence-electron chi connectivity index (χ4n) is 2.75.